The topological polar surface area (TPSA) is 52.6 Å². The largest absolute Gasteiger partial charge is 0.459 e. The summed E-state index contributed by atoms with van der Waals surface area (Å²) >= 11 is 0. The molecular formula is C14H12F6O4. The molecular weight excluding hydrogens is 346 g/mol. The molecule has 0 unspecified atom stereocenters. The zero-order valence-corrected chi connectivity index (χ0v) is 12.0. The monoisotopic (exact) mass is 358 g/mol. The number of hydrogen-bond donors (Lipinski definition) is 0. The Balaban J connectivity index is 2.31. The molecule has 0 amide bonds. The third-order valence-corrected chi connectivity index (χ3v) is 2.65. The first kappa shape index (κ1) is 19.8. The lowest BCUT2D eigenvalue weighted by molar-refractivity contribution is -0.294. The van der Waals surface area contributed by atoms with Gasteiger partial charge in [-0.05, 0) is 18.6 Å². The van der Waals surface area contributed by atoms with Crippen molar-refractivity contribution in [1.82, 2.24) is 0 Å². The van der Waals surface area contributed by atoms with E-state index in [0.29, 0.717) is 0 Å². The normalized spacial score (nSPS) is 11.9. The Bertz CT molecular complexity index is 585. The Morgan fingerprint density at radius 1 is 0.958 bits per heavy atom. The van der Waals surface area contributed by atoms with Crippen LogP contribution in [0.2, 0.25) is 0 Å². The van der Waals surface area contributed by atoms with Gasteiger partial charge in [0.2, 0.25) is 0 Å². The molecule has 0 aliphatic heterocycles. The Hall–Kier alpha value is -2.26. The number of hydrogen-bond acceptors (Lipinski definition) is 4. The number of para-hydroxylation sites is 1. The number of carbonyl (C=O) groups excluding carboxylic acids is 2. The third-order valence-electron chi connectivity index (χ3n) is 2.65. The number of halogens is 6. The number of rotatable bonds is 7. The van der Waals surface area contributed by atoms with Crippen molar-refractivity contribution in [2.24, 2.45) is 0 Å². The predicted octanol–water partition coefficient (Wildman–Crippen LogP) is 3.64. The van der Waals surface area contributed by atoms with Crippen LogP contribution in [0.5, 0.6) is 5.75 Å². The van der Waals surface area contributed by atoms with Crippen molar-refractivity contribution in [2.75, 3.05) is 6.61 Å². The number of alkyl halides is 5. The fraction of sp³-hybridized carbons (Fsp3) is 0.429. The van der Waals surface area contributed by atoms with Gasteiger partial charge in [-0.25, -0.2) is 4.39 Å². The van der Waals surface area contributed by atoms with E-state index in [-0.39, 0.29) is 18.6 Å². The second-order valence-corrected chi connectivity index (χ2v) is 4.62. The van der Waals surface area contributed by atoms with Crippen LogP contribution in [-0.4, -0.2) is 30.6 Å². The molecule has 4 nitrogen and oxygen atoms in total. The van der Waals surface area contributed by atoms with Crippen molar-refractivity contribution in [1.29, 1.82) is 0 Å². The van der Waals surface area contributed by atoms with Crippen LogP contribution >= 0.6 is 0 Å². The van der Waals surface area contributed by atoms with Gasteiger partial charge in [0.15, 0.2) is 18.2 Å². The maximum atomic E-state index is 13.2. The fourth-order valence-corrected chi connectivity index (χ4v) is 1.40. The molecule has 10 heteroatoms. The lowest BCUT2D eigenvalue weighted by atomic mass is 10.2. The molecule has 0 N–H and O–H groups in total. The number of esters is 2. The van der Waals surface area contributed by atoms with Crippen LogP contribution in [0.25, 0.3) is 0 Å². The number of benzene rings is 1. The molecule has 0 saturated heterocycles. The zero-order chi connectivity index (χ0) is 18.4. The molecule has 1 aromatic rings. The maximum Gasteiger partial charge on any atom is 0.456 e. The molecule has 0 aromatic heterocycles. The molecule has 0 spiro atoms. The summed E-state index contributed by atoms with van der Waals surface area (Å²) in [6.45, 7) is -2.13. The van der Waals surface area contributed by atoms with Gasteiger partial charge >= 0.3 is 24.0 Å². The van der Waals surface area contributed by atoms with Crippen molar-refractivity contribution in [3.63, 3.8) is 0 Å². The molecule has 1 rings (SSSR count). The summed E-state index contributed by atoms with van der Waals surface area (Å²) < 4.78 is 82.2. The Labute approximate surface area is 132 Å². The minimum absolute atomic E-state index is 0.219. The number of carbonyl (C=O) groups is 2. The van der Waals surface area contributed by atoms with Crippen LogP contribution in [-0.2, 0) is 14.3 Å². The van der Waals surface area contributed by atoms with Crippen LogP contribution < -0.4 is 4.74 Å². The van der Waals surface area contributed by atoms with Gasteiger partial charge in [0.25, 0.3) is 0 Å². The van der Waals surface area contributed by atoms with Crippen molar-refractivity contribution < 1.29 is 45.4 Å². The summed E-state index contributed by atoms with van der Waals surface area (Å²) in [7, 11) is 0. The standard InChI is InChI=1S/C14H12F6O4/c15-9-4-1-2-5-10(9)24-12(22)7-3-6-11(21)23-8-13(16,17)14(18,19)20/h1-2,4-5H,3,6-8H2. The SMILES string of the molecule is O=C(CCCC(=O)Oc1ccccc1F)OCC(F)(F)C(F)(F)F. The van der Waals surface area contributed by atoms with E-state index in [1.807, 2.05) is 0 Å². The minimum atomic E-state index is -5.82. The van der Waals surface area contributed by atoms with Crippen molar-refractivity contribution >= 4 is 11.9 Å². The summed E-state index contributed by atoms with van der Waals surface area (Å²) in [5.74, 6) is -8.47. The first-order valence-corrected chi connectivity index (χ1v) is 6.58. The molecule has 24 heavy (non-hydrogen) atoms. The van der Waals surface area contributed by atoms with E-state index in [1.165, 1.54) is 18.2 Å². The second-order valence-electron chi connectivity index (χ2n) is 4.62. The molecule has 0 heterocycles. The predicted molar refractivity (Wildman–Crippen MR) is 67.8 cm³/mol. The van der Waals surface area contributed by atoms with Gasteiger partial charge in [-0.2, -0.15) is 22.0 Å². The second kappa shape index (κ2) is 8.02. The lowest BCUT2D eigenvalue weighted by Crippen LogP contribution is -2.41. The van der Waals surface area contributed by atoms with Crippen LogP contribution in [0.4, 0.5) is 26.3 Å². The van der Waals surface area contributed by atoms with E-state index >= 15 is 0 Å². The van der Waals surface area contributed by atoms with Gasteiger partial charge < -0.3 is 9.47 Å². The van der Waals surface area contributed by atoms with E-state index in [0.717, 1.165) is 6.07 Å². The first-order chi connectivity index (χ1) is 11.0. The van der Waals surface area contributed by atoms with Crippen LogP contribution in [0.1, 0.15) is 19.3 Å². The highest BCUT2D eigenvalue weighted by Crippen LogP contribution is 2.35. The summed E-state index contributed by atoms with van der Waals surface area (Å²) in [4.78, 5) is 22.5. The number of ether oxygens (including phenoxy) is 2. The third kappa shape index (κ3) is 6.09. The van der Waals surface area contributed by atoms with Gasteiger partial charge in [-0.3, -0.25) is 9.59 Å². The molecule has 0 aliphatic carbocycles. The van der Waals surface area contributed by atoms with Crippen molar-refractivity contribution in [3.8, 4) is 5.75 Å². The summed E-state index contributed by atoms with van der Waals surface area (Å²) in [6, 6.07) is 5.05. The van der Waals surface area contributed by atoms with E-state index < -0.39 is 42.9 Å². The van der Waals surface area contributed by atoms with Gasteiger partial charge in [0.05, 0.1) is 0 Å². The maximum absolute atomic E-state index is 13.2. The molecule has 0 saturated carbocycles. The van der Waals surface area contributed by atoms with Gasteiger partial charge in [0.1, 0.15) is 0 Å². The Morgan fingerprint density at radius 2 is 1.54 bits per heavy atom. The fourth-order valence-electron chi connectivity index (χ4n) is 1.40. The average Bonchev–Trinajstić information content (AvgIpc) is 2.46. The smallest absolute Gasteiger partial charge is 0.456 e. The first-order valence-electron chi connectivity index (χ1n) is 6.58. The molecule has 0 radical (unpaired) electrons. The zero-order valence-electron chi connectivity index (χ0n) is 12.0. The van der Waals surface area contributed by atoms with Crippen molar-refractivity contribution in [2.45, 2.75) is 31.4 Å². The van der Waals surface area contributed by atoms with E-state index in [9.17, 15) is 35.9 Å². The van der Waals surface area contributed by atoms with Crippen molar-refractivity contribution in [3.05, 3.63) is 30.1 Å². The quantitative estimate of drug-likeness (QED) is 0.424. The molecule has 1 aromatic carbocycles. The van der Waals surface area contributed by atoms with Gasteiger partial charge in [-0.1, -0.05) is 12.1 Å². The highest BCUT2D eigenvalue weighted by molar-refractivity contribution is 5.74. The van der Waals surface area contributed by atoms with Gasteiger partial charge in [-0.15, -0.1) is 0 Å². The van der Waals surface area contributed by atoms with E-state index in [2.05, 4.69) is 9.47 Å². The Kier molecular flexibility index (Phi) is 6.61. The summed E-state index contributed by atoms with van der Waals surface area (Å²) in [6.07, 6.45) is -6.99. The average molecular weight is 358 g/mol. The summed E-state index contributed by atoms with van der Waals surface area (Å²) in [5.41, 5.74) is 0. The molecule has 0 fully saturated rings. The van der Waals surface area contributed by atoms with E-state index in [1.54, 1.807) is 0 Å². The minimum Gasteiger partial charge on any atom is -0.459 e. The summed E-state index contributed by atoms with van der Waals surface area (Å²) in [5, 5.41) is 0. The van der Waals surface area contributed by atoms with Crippen LogP contribution in [0.3, 0.4) is 0 Å². The highest BCUT2D eigenvalue weighted by Gasteiger charge is 2.58. The van der Waals surface area contributed by atoms with Gasteiger partial charge in [0, 0.05) is 12.8 Å². The molecule has 0 bridgehead atoms. The van der Waals surface area contributed by atoms with Crippen LogP contribution in [0.15, 0.2) is 24.3 Å². The Morgan fingerprint density at radius 3 is 2.12 bits per heavy atom. The highest BCUT2D eigenvalue weighted by atomic mass is 19.4. The van der Waals surface area contributed by atoms with E-state index in [4.69, 9.17) is 0 Å². The lowest BCUT2D eigenvalue weighted by Gasteiger charge is -2.18. The molecule has 0 atom stereocenters. The molecule has 0 aliphatic rings. The molecule has 134 valence electrons. The van der Waals surface area contributed by atoms with Crippen LogP contribution in [0, 0.1) is 5.82 Å².